The van der Waals surface area contributed by atoms with E-state index in [1.165, 1.54) is 13.2 Å². The molecule has 2 N–H and O–H groups in total. The molecule has 58 valence electrons. The smallest absolute Gasteiger partial charge is 0.205 e. The molecular weight excluding hydrogens is 142 g/mol. The van der Waals surface area contributed by atoms with Gasteiger partial charge in [0.05, 0.1) is 7.11 Å². The molecule has 3 nitrogen and oxygen atoms in total. The van der Waals surface area contributed by atoms with E-state index in [4.69, 9.17) is 10.5 Å². The Morgan fingerprint density at radius 1 is 1.36 bits per heavy atom. The van der Waals surface area contributed by atoms with E-state index in [0.717, 1.165) is 0 Å². The van der Waals surface area contributed by atoms with Crippen molar-refractivity contribution in [2.75, 3.05) is 12.8 Å². The molecule has 0 atom stereocenters. The van der Waals surface area contributed by atoms with E-state index in [9.17, 15) is 4.79 Å². The molecule has 0 radical (unpaired) electrons. The highest BCUT2D eigenvalue weighted by Crippen LogP contribution is 2.12. The van der Waals surface area contributed by atoms with Gasteiger partial charge in [-0.15, -0.1) is 0 Å². The Hall–Kier alpha value is -1.51. The Morgan fingerprint density at radius 2 is 2.00 bits per heavy atom. The molecule has 0 aliphatic carbocycles. The lowest BCUT2D eigenvalue weighted by Crippen LogP contribution is -2.04. The van der Waals surface area contributed by atoms with Crippen molar-refractivity contribution in [2.24, 2.45) is 0 Å². The van der Waals surface area contributed by atoms with Gasteiger partial charge in [0.2, 0.25) is 5.43 Å². The topological polar surface area (TPSA) is 52.3 Å². The van der Waals surface area contributed by atoms with Gasteiger partial charge < -0.3 is 10.5 Å². The van der Waals surface area contributed by atoms with Gasteiger partial charge in [-0.1, -0.05) is 12.1 Å². The quantitative estimate of drug-likeness (QED) is 0.640. The molecule has 1 aromatic rings. The fourth-order valence-corrected chi connectivity index (χ4v) is 0.765. The van der Waals surface area contributed by atoms with Crippen molar-refractivity contribution >= 4 is 5.69 Å². The third-order valence-electron chi connectivity index (χ3n) is 1.36. The first-order valence-electron chi connectivity index (χ1n) is 3.18. The number of nitrogens with two attached hydrogens (primary N) is 1. The highest BCUT2D eigenvalue weighted by molar-refractivity contribution is 5.50. The van der Waals surface area contributed by atoms with E-state index >= 15 is 0 Å². The van der Waals surface area contributed by atoms with Gasteiger partial charge in [-0.2, -0.15) is 0 Å². The first kappa shape index (κ1) is 7.60. The first-order valence-corrected chi connectivity index (χ1v) is 3.18. The molecule has 1 rings (SSSR count). The molecule has 11 heavy (non-hydrogen) atoms. The maximum atomic E-state index is 11.0. The maximum absolute atomic E-state index is 11.0. The van der Waals surface area contributed by atoms with Crippen LogP contribution in [0.25, 0.3) is 0 Å². The molecule has 0 aliphatic heterocycles. The molecule has 0 amide bonds. The van der Waals surface area contributed by atoms with Crippen molar-refractivity contribution in [2.45, 2.75) is 0 Å². The van der Waals surface area contributed by atoms with Gasteiger partial charge in [0.15, 0.2) is 0 Å². The largest absolute Gasteiger partial charge is 0.494 e. The molecule has 0 spiro atoms. The number of methoxy groups -OCH3 is 1. The second-order valence-electron chi connectivity index (χ2n) is 2.06. The number of anilines is 1. The highest BCUT2D eigenvalue weighted by Gasteiger charge is 1.97. The fourth-order valence-electron chi connectivity index (χ4n) is 0.765. The Bertz CT molecular complexity index is 309. The maximum Gasteiger partial charge on any atom is 0.205 e. The number of hydrogen-bond donors (Lipinski definition) is 1. The summed E-state index contributed by atoms with van der Waals surface area (Å²) in [6, 6.07) is 6.38. The third-order valence-corrected chi connectivity index (χ3v) is 1.36. The number of hydrogen-bond acceptors (Lipinski definition) is 3. The summed E-state index contributed by atoms with van der Waals surface area (Å²) < 4.78 is 4.86. The lowest BCUT2D eigenvalue weighted by atomic mass is 10.4. The van der Waals surface area contributed by atoms with Crippen LogP contribution >= 0.6 is 0 Å². The average molecular weight is 151 g/mol. The zero-order chi connectivity index (χ0) is 8.27. The van der Waals surface area contributed by atoms with Crippen LogP contribution in [0.3, 0.4) is 0 Å². The van der Waals surface area contributed by atoms with Crippen molar-refractivity contribution in [1.82, 2.24) is 0 Å². The first-order chi connectivity index (χ1) is 5.25. The summed E-state index contributed by atoms with van der Waals surface area (Å²) in [5.74, 6) is 0.417. The van der Waals surface area contributed by atoms with E-state index in [1.54, 1.807) is 18.2 Å². The summed E-state index contributed by atoms with van der Waals surface area (Å²) >= 11 is 0. The SMILES string of the molecule is COc1ccccc(=O)c1N. The summed E-state index contributed by atoms with van der Waals surface area (Å²) in [6.45, 7) is 0. The highest BCUT2D eigenvalue weighted by atomic mass is 16.5. The standard InChI is InChI=1S/C8H9NO2/c1-11-7-5-3-2-4-6(10)8(7)9/h2-5H,1H3,(H2,9,10). The second-order valence-corrected chi connectivity index (χ2v) is 2.06. The fraction of sp³-hybridized carbons (Fsp3) is 0.125. The Morgan fingerprint density at radius 3 is 2.64 bits per heavy atom. The minimum atomic E-state index is -0.216. The second kappa shape index (κ2) is 3.05. The summed E-state index contributed by atoms with van der Waals surface area (Å²) in [6.07, 6.45) is 0. The monoisotopic (exact) mass is 151 g/mol. The summed E-state index contributed by atoms with van der Waals surface area (Å²) in [7, 11) is 1.48. The molecule has 0 fully saturated rings. The molecule has 0 aliphatic rings. The van der Waals surface area contributed by atoms with E-state index < -0.39 is 0 Å². The van der Waals surface area contributed by atoms with Gasteiger partial charge in [-0.3, -0.25) is 4.79 Å². The van der Waals surface area contributed by atoms with Gasteiger partial charge in [0.25, 0.3) is 0 Å². The summed E-state index contributed by atoms with van der Waals surface area (Å²) in [5.41, 5.74) is 5.37. The predicted molar refractivity (Wildman–Crippen MR) is 43.7 cm³/mol. The molecular formula is C8H9NO2. The van der Waals surface area contributed by atoms with Gasteiger partial charge in [-0.05, 0) is 12.1 Å². The summed E-state index contributed by atoms with van der Waals surface area (Å²) in [5, 5.41) is 0. The molecule has 0 aromatic heterocycles. The van der Waals surface area contributed by atoms with Gasteiger partial charge in [-0.25, -0.2) is 0 Å². The lowest BCUT2D eigenvalue weighted by molar-refractivity contribution is 0.417. The zero-order valence-electron chi connectivity index (χ0n) is 6.20. The number of rotatable bonds is 1. The van der Waals surface area contributed by atoms with Crippen LogP contribution < -0.4 is 15.9 Å². The van der Waals surface area contributed by atoms with Crippen LogP contribution in [0, 0.1) is 0 Å². The zero-order valence-corrected chi connectivity index (χ0v) is 6.20. The molecule has 0 saturated heterocycles. The van der Waals surface area contributed by atoms with Crippen molar-refractivity contribution in [3.05, 3.63) is 34.5 Å². The van der Waals surface area contributed by atoms with Crippen LogP contribution in [0.15, 0.2) is 29.1 Å². The van der Waals surface area contributed by atoms with Crippen LogP contribution in [-0.2, 0) is 0 Å². The molecule has 3 heteroatoms. The minimum Gasteiger partial charge on any atom is -0.494 e. The van der Waals surface area contributed by atoms with Crippen LogP contribution in [0.4, 0.5) is 5.69 Å². The Balaban J connectivity index is 3.42. The van der Waals surface area contributed by atoms with Crippen molar-refractivity contribution in [3.8, 4) is 5.75 Å². The average Bonchev–Trinajstić information content (AvgIpc) is 2.16. The lowest BCUT2D eigenvalue weighted by Gasteiger charge is -1.96. The molecule has 0 heterocycles. The van der Waals surface area contributed by atoms with Crippen molar-refractivity contribution < 1.29 is 4.74 Å². The van der Waals surface area contributed by atoms with E-state index in [1.807, 2.05) is 0 Å². The van der Waals surface area contributed by atoms with Crippen LogP contribution in [-0.4, -0.2) is 7.11 Å². The third kappa shape index (κ3) is 1.49. The van der Waals surface area contributed by atoms with Crippen LogP contribution in [0.5, 0.6) is 5.75 Å². The minimum absolute atomic E-state index is 0.150. The normalized spacial score (nSPS) is 9.18. The molecule has 0 unspecified atom stereocenters. The Labute approximate surface area is 64.4 Å². The van der Waals surface area contributed by atoms with Crippen LogP contribution in [0.1, 0.15) is 0 Å². The van der Waals surface area contributed by atoms with Crippen molar-refractivity contribution in [3.63, 3.8) is 0 Å². The van der Waals surface area contributed by atoms with Crippen molar-refractivity contribution in [1.29, 1.82) is 0 Å². The number of ether oxygens (including phenoxy) is 1. The van der Waals surface area contributed by atoms with E-state index in [-0.39, 0.29) is 11.1 Å². The summed E-state index contributed by atoms with van der Waals surface area (Å²) in [4.78, 5) is 11.0. The number of nitrogen functional groups attached to an aromatic ring is 1. The van der Waals surface area contributed by atoms with E-state index in [0.29, 0.717) is 5.75 Å². The molecule has 0 bridgehead atoms. The van der Waals surface area contributed by atoms with E-state index in [2.05, 4.69) is 0 Å². The molecule has 0 saturated carbocycles. The van der Waals surface area contributed by atoms with Gasteiger partial charge in [0.1, 0.15) is 11.4 Å². The molecule has 1 aromatic carbocycles. The predicted octanol–water partition coefficient (Wildman–Crippen LogP) is 0.638. The Kier molecular flexibility index (Phi) is 2.11. The van der Waals surface area contributed by atoms with Crippen LogP contribution in [0.2, 0.25) is 0 Å². The van der Waals surface area contributed by atoms with Gasteiger partial charge >= 0.3 is 0 Å². The van der Waals surface area contributed by atoms with Gasteiger partial charge in [0, 0.05) is 0 Å².